The van der Waals surface area contributed by atoms with Gasteiger partial charge in [-0.15, -0.1) is 13.2 Å². The number of allylic oxidation sites excluding steroid dienone is 1. The molecule has 2 aromatic heterocycles. The first-order chi connectivity index (χ1) is 23.6. The van der Waals surface area contributed by atoms with Gasteiger partial charge < -0.3 is 19.1 Å². The molecule has 1 atom stereocenters. The zero-order valence-electron chi connectivity index (χ0n) is 29.5. The molecule has 9 nitrogen and oxygen atoms in total. The van der Waals surface area contributed by atoms with E-state index in [1.165, 1.54) is 7.11 Å². The van der Waals surface area contributed by atoms with Crippen molar-refractivity contribution in [1.29, 1.82) is 0 Å². The highest BCUT2D eigenvalue weighted by molar-refractivity contribution is 5.92. The van der Waals surface area contributed by atoms with Crippen LogP contribution in [0.2, 0.25) is 0 Å². The molecule has 1 fully saturated rings. The van der Waals surface area contributed by atoms with E-state index >= 15 is 0 Å². The summed E-state index contributed by atoms with van der Waals surface area (Å²) in [6, 6.07) is 15.3. The Labute approximate surface area is 289 Å². The van der Waals surface area contributed by atoms with Crippen LogP contribution in [0.4, 0.5) is 5.82 Å². The molecule has 1 aliphatic rings. The molecule has 0 spiro atoms. The topological polar surface area (TPSA) is 95.3 Å². The van der Waals surface area contributed by atoms with Crippen molar-refractivity contribution in [2.24, 2.45) is 5.41 Å². The van der Waals surface area contributed by atoms with E-state index in [0.717, 1.165) is 78.2 Å². The Hall–Kier alpha value is -4.92. The fourth-order valence-electron chi connectivity index (χ4n) is 6.57. The monoisotopic (exact) mass is 664 g/mol. The van der Waals surface area contributed by atoms with Crippen molar-refractivity contribution in [3.05, 3.63) is 90.7 Å². The molecule has 5 rings (SSSR count). The number of hydrogen-bond donors (Lipinski definition) is 0. The van der Waals surface area contributed by atoms with Gasteiger partial charge in [0, 0.05) is 48.0 Å². The van der Waals surface area contributed by atoms with Crippen LogP contribution in [0.25, 0.3) is 28.0 Å². The van der Waals surface area contributed by atoms with Gasteiger partial charge in [0.15, 0.2) is 5.65 Å². The summed E-state index contributed by atoms with van der Waals surface area (Å²) in [5.74, 6) is 0.842. The third kappa shape index (κ3) is 8.04. The molecular weight excluding hydrogens is 616 g/mol. The Balaban J connectivity index is 1.58. The normalized spacial score (nSPS) is 14.7. The van der Waals surface area contributed by atoms with E-state index in [0.29, 0.717) is 30.0 Å². The summed E-state index contributed by atoms with van der Waals surface area (Å²) in [6.45, 7) is 17.9. The average Bonchev–Trinajstić information content (AvgIpc) is 3.52. The van der Waals surface area contributed by atoms with Crippen LogP contribution in [-0.2, 0) is 20.7 Å². The summed E-state index contributed by atoms with van der Waals surface area (Å²) in [5, 5.41) is 5.12. The van der Waals surface area contributed by atoms with E-state index in [-0.39, 0.29) is 23.9 Å². The van der Waals surface area contributed by atoms with Gasteiger partial charge in [-0.2, -0.15) is 9.61 Å². The van der Waals surface area contributed by atoms with E-state index in [9.17, 15) is 9.59 Å². The fraction of sp³-hybridized carbons (Fsp3) is 0.400. The summed E-state index contributed by atoms with van der Waals surface area (Å²) in [6.07, 6.45) is 8.68. The lowest BCUT2D eigenvalue weighted by molar-refractivity contribution is -0.142. The van der Waals surface area contributed by atoms with Gasteiger partial charge in [-0.3, -0.25) is 4.79 Å². The van der Waals surface area contributed by atoms with E-state index in [4.69, 9.17) is 24.3 Å². The summed E-state index contributed by atoms with van der Waals surface area (Å²) >= 11 is 0. The number of piperidine rings is 1. The standard InChI is InChI=1S/C40H48N4O5/c1-8-11-18-40(6)19-21-43(22-20-40)38-32(25-37(45)48-10-3)28(5)41-36-26-34(42-44(36)38)30-15-12-14-29(23-30)33-24-31(39(46)47-7)16-17-35(33)49-27(4)13-9-2/h8-9,12,14-17,23-24,26-27H,1-2,10-11,13,18-22,25H2,3-7H3/t27-/m0/s1. The number of carbonyl (C=O) groups is 2. The van der Waals surface area contributed by atoms with Crippen LogP contribution >= 0.6 is 0 Å². The van der Waals surface area contributed by atoms with Crippen molar-refractivity contribution in [3.8, 4) is 28.1 Å². The Morgan fingerprint density at radius 1 is 1.06 bits per heavy atom. The number of esters is 2. The molecule has 1 saturated heterocycles. The average molecular weight is 665 g/mol. The SMILES string of the molecule is C=CCCC1(C)CCN(c2c(CC(=O)OCC)c(C)nc3cc(-c4cccc(-c5cc(C(=O)OC)ccc5O[C@@H](C)CC=C)c4)nn23)CC1. The summed E-state index contributed by atoms with van der Waals surface area (Å²) in [7, 11) is 1.37. The molecule has 9 heteroatoms. The molecule has 0 N–H and O–H groups in total. The smallest absolute Gasteiger partial charge is 0.337 e. The second-order valence-electron chi connectivity index (χ2n) is 13.1. The minimum atomic E-state index is -0.422. The molecular formula is C40H48N4O5. The minimum Gasteiger partial charge on any atom is -0.490 e. The number of ether oxygens (including phenoxy) is 3. The quantitative estimate of drug-likeness (QED) is 0.0984. The number of nitrogens with zero attached hydrogens (tertiary/aromatic N) is 4. The zero-order valence-corrected chi connectivity index (χ0v) is 29.5. The second-order valence-corrected chi connectivity index (χ2v) is 13.1. The highest BCUT2D eigenvalue weighted by Gasteiger charge is 2.32. The van der Waals surface area contributed by atoms with Gasteiger partial charge in [-0.05, 0) is 81.7 Å². The first kappa shape index (κ1) is 35.4. The molecule has 0 radical (unpaired) electrons. The molecule has 258 valence electrons. The minimum absolute atomic E-state index is 0.104. The Morgan fingerprint density at radius 3 is 2.51 bits per heavy atom. The summed E-state index contributed by atoms with van der Waals surface area (Å²) in [4.78, 5) is 32.6. The highest BCUT2D eigenvalue weighted by atomic mass is 16.5. The van der Waals surface area contributed by atoms with Crippen molar-refractivity contribution >= 4 is 23.4 Å². The summed E-state index contributed by atoms with van der Waals surface area (Å²) in [5.41, 5.74) is 6.23. The number of carbonyl (C=O) groups excluding carboxylic acids is 2. The summed E-state index contributed by atoms with van der Waals surface area (Å²) < 4.78 is 18.6. The Bertz CT molecular complexity index is 1840. The van der Waals surface area contributed by atoms with E-state index in [2.05, 4.69) is 25.0 Å². The predicted octanol–water partition coefficient (Wildman–Crippen LogP) is 8.18. The molecule has 4 aromatic rings. The van der Waals surface area contributed by atoms with Crippen molar-refractivity contribution in [3.63, 3.8) is 0 Å². The Kier molecular flexibility index (Phi) is 11.2. The molecule has 3 heterocycles. The van der Waals surface area contributed by atoms with E-state index < -0.39 is 5.97 Å². The van der Waals surface area contributed by atoms with Crippen LogP contribution in [0, 0.1) is 12.3 Å². The third-order valence-electron chi connectivity index (χ3n) is 9.43. The predicted molar refractivity (Wildman–Crippen MR) is 194 cm³/mol. The zero-order chi connectivity index (χ0) is 35.1. The lowest BCUT2D eigenvalue weighted by Gasteiger charge is -2.41. The second kappa shape index (κ2) is 15.5. The number of rotatable bonds is 14. The number of fused-ring (bicyclic) bond motifs is 1. The van der Waals surface area contributed by atoms with Crippen LogP contribution in [0.3, 0.4) is 0 Å². The van der Waals surface area contributed by atoms with Gasteiger partial charge >= 0.3 is 11.9 Å². The number of methoxy groups -OCH3 is 1. The van der Waals surface area contributed by atoms with E-state index in [1.807, 2.05) is 73.8 Å². The van der Waals surface area contributed by atoms with Gasteiger partial charge in [0.1, 0.15) is 11.6 Å². The molecule has 2 aromatic carbocycles. The molecule has 0 aliphatic carbocycles. The van der Waals surface area contributed by atoms with Crippen LogP contribution in [0.15, 0.2) is 73.8 Å². The van der Waals surface area contributed by atoms with Gasteiger partial charge in [0.25, 0.3) is 0 Å². The highest BCUT2D eigenvalue weighted by Crippen LogP contribution is 2.39. The Morgan fingerprint density at radius 2 is 1.82 bits per heavy atom. The number of hydrogen-bond acceptors (Lipinski definition) is 8. The van der Waals surface area contributed by atoms with Crippen molar-refractivity contribution in [2.75, 3.05) is 31.7 Å². The molecule has 0 amide bonds. The van der Waals surface area contributed by atoms with E-state index in [1.54, 1.807) is 12.1 Å². The molecule has 0 saturated carbocycles. The molecule has 0 unspecified atom stereocenters. The first-order valence-electron chi connectivity index (χ1n) is 17.1. The van der Waals surface area contributed by atoms with Gasteiger partial charge in [-0.25, -0.2) is 9.78 Å². The van der Waals surface area contributed by atoms with Crippen molar-refractivity contribution < 1.29 is 23.8 Å². The van der Waals surface area contributed by atoms with Crippen molar-refractivity contribution in [1.82, 2.24) is 14.6 Å². The third-order valence-corrected chi connectivity index (χ3v) is 9.43. The maximum Gasteiger partial charge on any atom is 0.337 e. The number of benzene rings is 2. The lowest BCUT2D eigenvalue weighted by atomic mass is 9.76. The van der Waals surface area contributed by atoms with Crippen LogP contribution in [-0.4, -0.2) is 59.4 Å². The number of anilines is 1. The van der Waals surface area contributed by atoms with Gasteiger partial charge in [-0.1, -0.05) is 37.3 Å². The number of aromatic nitrogens is 3. The maximum absolute atomic E-state index is 12.8. The van der Waals surface area contributed by atoms with Crippen LogP contribution in [0.5, 0.6) is 5.75 Å². The molecule has 49 heavy (non-hydrogen) atoms. The maximum atomic E-state index is 12.8. The fourth-order valence-corrected chi connectivity index (χ4v) is 6.57. The molecule has 1 aliphatic heterocycles. The first-order valence-corrected chi connectivity index (χ1v) is 17.1. The van der Waals surface area contributed by atoms with Crippen LogP contribution < -0.4 is 9.64 Å². The van der Waals surface area contributed by atoms with Crippen LogP contribution in [0.1, 0.15) is 74.5 Å². The largest absolute Gasteiger partial charge is 0.490 e. The van der Waals surface area contributed by atoms with Gasteiger partial charge in [0.2, 0.25) is 0 Å². The van der Waals surface area contributed by atoms with Crippen molar-refractivity contribution in [2.45, 2.75) is 72.3 Å². The molecule has 0 bridgehead atoms. The lowest BCUT2D eigenvalue weighted by Crippen LogP contribution is -2.40. The van der Waals surface area contributed by atoms with Gasteiger partial charge in [0.05, 0.1) is 37.5 Å². The number of aryl methyl sites for hydroxylation is 1.